The normalized spacial score (nSPS) is 11.6. The van der Waals surface area contributed by atoms with Crippen LogP contribution in [0.1, 0.15) is 55.1 Å². The Kier molecular flexibility index (Phi) is 7.33. The van der Waals surface area contributed by atoms with E-state index < -0.39 is 21.8 Å². The van der Waals surface area contributed by atoms with Gasteiger partial charge < -0.3 is 9.15 Å². The third kappa shape index (κ3) is 5.64. The molecule has 0 saturated carbocycles. The number of furan rings is 1. The first kappa shape index (κ1) is 22.8. The minimum Gasteiger partial charge on any atom is -0.462 e. The topological polar surface area (TPSA) is 85.6 Å². The van der Waals surface area contributed by atoms with E-state index in [0.29, 0.717) is 23.3 Å². The van der Waals surface area contributed by atoms with Crippen LogP contribution in [0.3, 0.4) is 0 Å². The van der Waals surface area contributed by atoms with Crippen LogP contribution in [0, 0.1) is 12.7 Å². The summed E-state index contributed by atoms with van der Waals surface area (Å²) in [6, 6.07) is 9.18. The minimum atomic E-state index is -3.91. The van der Waals surface area contributed by atoms with Gasteiger partial charge in [-0.3, -0.25) is 4.72 Å². The van der Waals surface area contributed by atoms with E-state index in [-0.39, 0.29) is 16.1 Å². The zero-order valence-electron chi connectivity index (χ0n) is 17.6. The molecule has 0 aliphatic heterocycles. The minimum absolute atomic E-state index is 0.0694. The van der Waals surface area contributed by atoms with Crippen molar-refractivity contribution in [2.24, 2.45) is 0 Å². The maximum Gasteiger partial charge on any atom is 0.342 e. The summed E-state index contributed by atoms with van der Waals surface area (Å²) in [6.07, 6.45) is 5.22. The predicted molar refractivity (Wildman–Crippen MR) is 117 cm³/mol. The van der Waals surface area contributed by atoms with Gasteiger partial charge in [0.2, 0.25) is 0 Å². The summed E-state index contributed by atoms with van der Waals surface area (Å²) in [5.41, 5.74) is 0.995. The van der Waals surface area contributed by atoms with Crippen LogP contribution < -0.4 is 4.72 Å². The number of anilines is 1. The molecule has 0 aliphatic rings. The van der Waals surface area contributed by atoms with Gasteiger partial charge in [-0.05, 0) is 55.8 Å². The number of benzene rings is 2. The van der Waals surface area contributed by atoms with E-state index in [1.54, 1.807) is 13.0 Å². The Morgan fingerprint density at radius 2 is 1.77 bits per heavy atom. The van der Waals surface area contributed by atoms with Crippen LogP contribution in [-0.4, -0.2) is 21.0 Å². The number of fused-ring (bicyclic) bond motifs is 1. The molecule has 0 unspecified atom stereocenters. The maximum atomic E-state index is 13.1. The molecule has 1 N–H and O–H groups in total. The molecule has 2 aromatic carbocycles. The molecule has 1 heterocycles. The molecular formula is C23H26FNO5S. The van der Waals surface area contributed by atoms with E-state index in [1.165, 1.54) is 24.3 Å². The molecule has 0 fully saturated rings. The number of rotatable bonds is 10. The molecule has 6 nitrogen and oxygen atoms in total. The summed E-state index contributed by atoms with van der Waals surface area (Å²) in [5, 5.41) is 0.466. The Hall–Kier alpha value is -2.87. The molecule has 0 aliphatic carbocycles. The van der Waals surface area contributed by atoms with Gasteiger partial charge in [-0.25, -0.2) is 17.6 Å². The summed E-state index contributed by atoms with van der Waals surface area (Å²) in [6.45, 7) is 4.13. The van der Waals surface area contributed by atoms with Gasteiger partial charge in [0.1, 0.15) is 22.7 Å². The molecule has 0 spiro atoms. The predicted octanol–water partition coefficient (Wildman–Crippen LogP) is 5.81. The summed E-state index contributed by atoms with van der Waals surface area (Å²) in [7, 11) is -3.91. The fourth-order valence-electron chi connectivity index (χ4n) is 3.31. The number of halogens is 1. The van der Waals surface area contributed by atoms with E-state index in [1.807, 2.05) is 0 Å². The highest BCUT2D eigenvalue weighted by atomic mass is 32.2. The molecule has 3 aromatic rings. The molecule has 0 atom stereocenters. The lowest BCUT2D eigenvalue weighted by molar-refractivity contribution is 0.0497. The second-order valence-electron chi connectivity index (χ2n) is 7.35. The number of sulfonamides is 1. The van der Waals surface area contributed by atoms with Crippen LogP contribution in [-0.2, 0) is 14.8 Å². The van der Waals surface area contributed by atoms with Crippen LogP contribution >= 0.6 is 0 Å². The SMILES string of the molecule is CCCCCCCOC(=O)c1c(C)oc2ccc(NS(=O)(=O)c3ccc(F)cc3)cc12. The zero-order valence-corrected chi connectivity index (χ0v) is 18.4. The average molecular weight is 448 g/mol. The van der Waals surface area contributed by atoms with E-state index in [9.17, 15) is 17.6 Å². The van der Waals surface area contributed by atoms with Gasteiger partial charge in [0.05, 0.1) is 11.5 Å². The van der Waals surface area contributed by atoms with Crippen molar-refractivity contribution >= 4 is 32.6 Å². The number of unbranched alkanes of at least 4 members (excludes halogenated alkanes) is 4. The van der Waals surface area contributed by atoms with E-state index in [0.717, 1.165) is 44.2 Å². The third-order valence-electron chi connectivity index (χ3n) is 4.93. The highest BCUT2D eigenvalue weighted by molar-refractivity contribution is 7.92. The molecule has 8 heteroatoms. The van der Waals surface area contributed by atoms with Gasteiger partial charge in [-0.2, -0.15) is 0 Å². The first-order chi connectivity index (χ1) is 14.8. The van der Waals surface area contributed by atoms with Crippen LogP contribution in [0.2, 0.25) is 0 Å². The number of esters is 1. The van der Waals surface area contributed by atoms with Crippen LogP contribution in [0.15, 0.2) is 51.8 Å². The van der Waals surface area contributed by atoms with Crippen molar-refractivity contribution < 1.29 is 26.8 Å². The molecule has 1 aromatic heterocycles. The lowest BCUT2D eigenvalue weighted by atomic mass is 10.1. The smallest absolute Gasteiger partial charge is 0.342 e. The van der Waals surface area contributed by atoms with Crippen molar-refractivity contribution in [1.82, 2.24) is 0 Å². The average Bonchev–Trinajstić information content (AvgIpc) is 3.05. The number of hydrogen-bond acceptors (Lipinski definition) is 5. The Bertz CT molecular complexity index is 1150. The Morgan fingerprint density at radius 3 is 2.48 bits per heavy atom. The summed E-state index contributed by atoms with van der Waals surface area (Å²) in [4.78, 5) is 12.6. The summed E-state index contributed by atoms with van der Waals surface area (Å²) in [5.74, 6) is -0.613. The standard InChI is InChI=1S/C23H26FNO5S/c1-3-4-5-6-7-14-29-23(26)22-16(2)30-21-13-10-18(15-20(21)22)25-31(27,28)19-11-8-17(24)9-12-19/h8-13,15,25H,3-7,14H2,1-2H3. The molecule has 0 radical (unpaired) electrons. The van der Waals surface area contributed by atoms with Crippen molar-refractivity contribution in [3.63, 3.8) is 0 Å². The van der Waals surface area contributed by atoms with Crippen molar-refractivity contribution in [3.05, 3.63) is 59.6 Å². The van der Waals surface area contributed by atoms with Gasteiger partial charge in [0.15, 0.2) is 0 Å². The highest BCUT2D eigenvalue weighted by Crippen LogP contribution is 2.30. The van der Waals surface area contributed by atoms with Gasteiger partial charge >= 0.3 is 5.97 Å². The van der Waals surface area contributed by atoms with Gasteiger partial charge in [-0.15, -0.1) is 0 Å². The van der Waals surface area contributed by atoms with Crippen molar-refractivity contribution in [1.29, 1.82) is 0 Å². The molecule has 0 bridgehead atoms. The van der Waals surface area contributed by atoms with Crippen molar-refractivity contribution in [3.8, 4) is 0 Å². The second kappa shape index (κ2) is 9.96. The lowest BCUT2D eigenvalue weighted by Gasteiger charge is -2.08. The maximum absolute atomic E-state index is 13.1. The van der Waals surface area contributed by atoms with E-state index in [4.69, 9.17) is 9.15 Å². The number of carbonyl (C=O) groups excluding carboxylic acids is 1. The molecule has 0 amide bonds. The number of hydrogen-bond donors (Lipinski definition) is 1. The fourth-order valence-corrected chi connectivity index (χ4v) is 4.36. The largest absolute Gasteiger partial charge is 0.462 e. The summed E-state index contributed by atoms with van der Waals surface area (Å²) >= 11 is 0. The number of carbonyl (C=O) groups is 1. The van der Waals surface area contributed by atoms with Crippen LogP contribution in [0.4, 0.5) is 10.1 Å². The van der Waals surface area contributed by atoms with Crippen LogP contribution in [0.25, 0.3) is 11.0 Å². The summed E-state index contributed by atoms with van der Waals surface area (Å²) < 4.78 is 51.7. The number of nitrogens with one attached hydrogen (secondary N) is 1. The van der Waals surface area contributed by atoms with Crippen molar-refractivity contribution in [2.45, 2.75) is 50.8 Å². The van der Waals surface area contributed by atoms with Gasteiger partial charge in [0, 0.05) is 11.1 Å². The number of ether oxygens (including phenoxy) is 1. The van der Waals surface area contributed by atoms with Crippen LogP contribution in [0.5, 0.6) is 0 Å². The van der Waals surface area contributed by atoms with E-state index in [2.05, 4.69) is 11.6 Å². The fraction of sp³-hybridized carbons (Fsp3) is 0.348. The second-order valence-corrected chi connectivity index (χ2v) is 9.04. The van der Waals surface area contributed by atoms with E-state index >= 15 is 0 Å². The number of aryl methyl sites for hydroxylation is 1. The molecule has 31 heavy (non-hydrogen) atoms. The third-order valence-corrected chi connectivity index (χ3v) is 6.32. The quantitative estimate of drug-likeness (QED) is 0.313. The molecule has 0 saturated heterocycles. The highest BCUT2D eigenvalue weighted by Gasteiger charge is 2.21. The lowest BCUT2D eigenvalue weighted by Crippen LogP contribution is -2.13. The molecular weight excluding hydrogens is 421 g/mol. The Balaban J connectivity index is 1.77. The first-order valence-corrected chi connectivity index (χ1v) is 11.8. The first-order valence-electron chi connectivity index (χ1n) is 10.3. The van der Waals surface area contributed by atoms with Crippen molar-refractivity contribution in [2.75, 3.05) is 11.3 Å². The monoisotopic (exact) mass is 447 g/mol. The Labute approximate surface area is 181 Å². The molecule has 166 valence electrons. The molecule has 3 rings (SSSR count). The Morgan fingerprint density at radius 1 is 1.06 bits per heavy atom. The van der Waals surface area contributed by atoms with Gasteiger partial charge in [-0.1, -0.05) is 32.6 Å². The zero-order chi connectivity index (χ0) is 22.4. The van der Waals surface area contributed by atoms with Gasteiger partial charge in [0.25, 0.3) is 10.0 Å².